The number of aromatic nitrogens is 3. The maximum Gasteiger partial charge on any atom is 0.240 e. The summed E-state index contributed by atoms with van der Waals surface area (Å²) in [4.78, 5) is 0.197. The first kappa shape index (κ1) is 14.6. The topological polar surface area (TPSA) is 103 Å². The molecule has 0 unspecified atom stereocenters. The lowest BCUT2D eigenvalue weighted by atomic mass is 10.2. The van der Waals surface area contributed by atoms with Crippen molar-refractivity contribution in [3.05, 3.63) is 42.0 Å². The molecule has 0 radical (unpaired) electrons. The minimum Gasteiger partial charge on any atom is -0.326 e. The van der Waals surface area contributed by atoms with E-state index in [1.807, 2.05) is 6.92 Å². The highest BCUT2D eigenvalue weighted by Crippen LogP contribution is 2.11. The minimum absolute atomic E-state index is 0.100. The van der Waals surface area contributed by atoms with Gasteiger partial charge in [0.25, 0.3) is 0 Å². The third-order valence-corrected chi connectivity index (χ3v) is 4.30. The van der Waals surface area contributed by atoms with E-state index in [1.165, 1.54) is 6.07 Å². The molecule has 1 aromatic heterocycles. The molecule has 8 heteroatoms. The van der Waals surface area contributed by atoms with Crippen molar-refractivity contribution in [3.8, 4) is 0 Å². The Morgan fingerprint density at radius 3 is 2.90 bits per heavy atom. The van der Waals surface area contributed by atoms with Gasteiger partial charge >= 0.3 is 0 Å². The van der Waals surface area contributed by atoms with E-state index in [2.05, 4.69) is 14.9 Å². The first-order chi connectivity index (χ1) is 9.56. The Morgan fingerprint density at radius 1 is 1.40 bits per heavy atom. The van der Waals surface area contributed by atoms with Gasteiger partial charge in [0.15, 0.2) is 0 Å². The number of benzene rings is 1. The number of rotatable bonds is 6. The van der Waals surface area contributed by atoms with E-state index in [9.17, 15) is 8.42 Å². The Balaban J connectivity index is 2.15. The SMILES string of the molecule is CCn1cnnc1CNS(=O)(=O)c1cccc(CN)c1. The fraction of sp³-hybridized carbons (Fsp3) is 0.333. The molecule has 0 bridgehead atoms. The zero-order valence-electron chi connectivity index (χ0n) is 11.2. The Bertz CT molecular complexity index is 681. The fourth-order valence-electron chi connectivity index (χ4n) is 1.76. The molecule has 1 aromatic carbocycles. The second kappa shape index (κ2) is 6.12. The Kier molecular flexibility index (Phi) is 4.48. The van der Waals surface area contributed by atoms with Crippen molar-refractivity contribution in [2.24, 2.45) is 5.73 Å². The van der Waals surface area contributed by atoms with Gasteiger partial charge in [-0.1, -0.05) is 12.1 Å². The lowest BCUT2D eigenvalue weighted by Crippen LogP contribution is -2.25. The predicted octanol–water partition coefficient (Wildman–Crippen LogP) is 0.235. The monoisotopic (exact) mass is 295 g/mol. The number of aryl methyl sites for hydroxylation is 1. The lowest BCUT2D eigenvalue weighted by Gasteiger charge is -2.08. The van der Waals surface area contributed by atoms with Gasteiger partial charge in [0.1, 0.15) is 12.2 Å². The Morgan fingerprint density at radius 2 is 2.20 bits per heavy atom. The van der Waals surface area contributed by atoms with Crippen LogP contribution in [0.2, 0.25) is 0 Å². The number of nitrogens with zero attached hydrogens (tertiary/aromatic N) is 3. The van der Waals surface area contributed by atoms with Crippen LogP contribution in [0.5, 0.6) is 0 Å². The van der Waals surface area contributed by atoms with Crippen molar-refractivity contribution in [2.75, 3.05) is 0 Å². The lowest BCUT2D eigenvalue weighted by molar-refractivity contribution is 0.575. The third-order valence-electron chi connectivity index (χ3n) is 2.90. The van der Waals surface area contributed by atoms with E-state index in [-0.39, 0.29) is 11.4 Å². The second-order valence-electron chi connectivity index (χ2n) is 4.21. The average molecular weight is 295 g/mol. The molecule has 7 nitrogen and oxygen atoms in total. The van der Waals surface area contributed by atoms with Crippen molar-refractivity contribution in [1.82, 2.24) is 19.5 Å². The average Bonchev–Trinajstić information content (AvgIpc) is 2.93. The van der Waals surface area contributed by atoms with E-state index in [0.29, 0.717) is 18.9 Å². The highest BCUT2D eigenvalue weighted by molar-refractivity contribution is 7.89. The summed E-state index contributed by atoms with van der Waals surface area (Å²) in [6.45, 7) is 3.02. The van der Waals surface area contributed by atoms with Crippen molar-refractivity contribution in [1.29, 1.82) is 0 Å². The molecule has 2 aromatic rings. The van der Waals surface area contributed by atoms with Gasteiger partial charge in [0.2, 0.25) is 10.0 Å². The molecule has 108 valence electrons. The molecule has 2 rings (SSSR count). The molecule has 0 amide bonds. The van der Waals surface area contributed by atoms with Gasteiger partial charge in [-0.25, -0.2) is 13.1 Å². The van der Waals surface area contributed by atoms with Crippen LogP contribution in [0.4, 0.5) is 0 Å². The molecule has 3 N–H and O–H groups in total. The third kappa shape index (κ3) is 3.21. The molecular weight excluding hydrogens is 278 g/mol. The summed E-state index contributed by atoms with van der Waals surface area (Å²) < 4.78 is 28.7. The van der Waals surface area contributed by atoms with E-state index in [1.54, 1.807) is 29.1 Å². The van der Waals surface area contributed by atoms with Crippen LogP contribution in [-0.2, 0) is 29.7 Å². The molecule has 0 spiro atoms. The predicted molar refractivity (Wildman–Crippen MR) is 74.1 cm³/mol. The van der Waals surface area contributed by atoms with E-state index in [4.69, 9.17) is 5.73 Å². The quantitative estimate of drug-likeness (QED) is 0.794. The van der Waals surface area contributed by atoms with Crippen molar-refractivity contribution in [3.63, 3.8) is 0 Å². The fourth-order valence-corrected chi connectivity index (χ4v) is 2.81. The molecule has 0 saturated heterocycles. The van der Waals surface area contributed by atoms with Gasteiger partial charge in [-0.2, -0.15) is 0 Å². The van der Waals surface area contributed by atoms with Crippen molar-refractivity contribution < 1.29 is 8.42 Å². The van der Waals surface area contributed by atoms with Gasteiger partial charge in [-0.15, -0.1) is 10.2 Å². The number of hydrogen-bond donors (Lipinski definition) is 2. The molecule has 20 heavy (non-hydrogen) atoms. The molecule has 0 aliphatic carbocycles. The van der Waals surface area contributed by atoms with Gasteiger partial charge in [0.05, 0.1) is 11.4 Å². The molecule has 0 aliphatic rings. The number of nitrogens with one attached hydrogen (secondary N) is 1. The van der Waals surface area contributed by atoms with Crippen molar-refractivity contribution in [2.45, 2.75) is 31.5 Å². The van der Waals surface area contributed by atoms with Crippen LogP contribution in [0.3, 0.4) is 0 Å². The van der Waals surface area contributed by atoms with Gasteiger partial charge in [-0.05, 0) is 24.6 Å². The maximum absolute atomic E-state index is 12.2. The zero-order chi connectivity index (χ0) is 14.6. The maximum atomic E-state index is 12.2. The summed E-state index contributed by atoms with van der Waals surface area (Å²) in [5.74, 6) is 0.575. The Labute approximate surface area is 117 Å². The Hall–Kier alpha value is -1.77. The zero-order valence-corrected chi connectivity index (χ0v) is 12.0. The normalized spacial score (nSPS) is 11.7. The van der Waals surface area contributed by atoms with Crippen LogP contribution < -0.4 is 10.5 Å². The van der Waals surface area contributed by atoms with Gasteiger partial charge in [-0.3, -0.25) is 0 Å². The standard InChI is InChI=1S/C12H17N5O2S/c1-2-17-9-14-16-12(17)8-15-20(18,19)11-5-3-4-10(6-11)7-13/h3-6,9,15H,2,7-8,13H2,1H3. The summed E-state index contributed by atoms with van der Waals surface area (Å²) in [6, 6.07) is 6.55. The molecule has 0 atom stereocenters. The summed E-state index contributed by atoms with van der Waals surface area (Å²) in [5.41, 5.74) is 6.28. The summed E-state index contributed by atoms with van der Waals surface area (Å²) in [7, 11) is -3.58. The van der Waals surface area contributed by atoms with Crippen LogP contribution in [0.25, 0.3) is 0 Å². The number of sulfonamides is 1. The largest absolute Gasteiger partial charge is 0.326 e. The molecule has 0 fully saturated rings. The highest BCUT2D eigenvalue weighted by Gasteiger charge is 2.15. The van der Waals surface area contributed by atoms with Crippen LogP contribution in [0.15, 0.2) is 35.5 Å². The van der Waals surface area contributed by atoms with E-state index in [0.717, 1.165) is 5.56 Å². The first-order valence-corrected chi connectivity index (χ1v) is 7.70. The van der Waals surface area contributed by atoms with Crippen molar-refractivity contribution >= 4 is 10.0 Å². The summed E-state index contributed by atoms with van der Waals surface area (Å²) >= 11 is 0. The smallest absolute Gasteiger partial charge is 0.240 e. The minimum atomic E-state index is -3.58. The second-order valence-corrected chi connectivity index (χ2v) is 5.98. The van der Waals surface area contributed by atoms with E-state index >= 15 is 0 Å². The molecule has 1 heterocycles. The van der Waals surface area contributed by atoms with Gasteiger partial charge in [0, 0.05) is 13.1 Å². The molecule has 0 saturated carbocycles. The van der Waals surface area contributed by atoms with Crippen LogP contribution in [-0.4, -0.2) is 23.2 Å². The van der Waals surface area contributed by atoms with Gasteiger partial charge < -0.3 is 10.3 Å². The first-order valence-electron chi connectivity index (χ1n) is 6.22. The highest BCUT2D eigenvalue weighted by atomic mass is 32.2. The number of nitrogens with two attached hydrogens (primary N) is 1. The van der Waals surface area contributed by atoms with E-state index < -0.39 is 10.0 Å². The summed E-state index contributed by atoms with van der Waals surface area (Å²) in [5, 5.41) is 7.64. The molecule has 0 aliphatic heterocycles. The molecular formula is C12H17N5O2S. The van der Waals surface area contributed by atoms with Crippen LogP contribution in [0.1, 0.15) is 18.3 Å². The van der Waals surface area contributed by atoms with Crippen LogP contribution in [0, 0.1) is 0 Å². The summed E-state index contributed by atoms with van der Waals surface area (Å²) in [6.07, 6.45) is 1.57. The van der Waals surface area contributed by atoms with Crippen LogP contribution >= 0.6 is 0 Å². The number of hydrogen-bond acceptors (Lipinski definition) is 5.